The van der Waals surface area contributed by atoms with E-state index in [4.69, 9.17) is 9.84 Å². The summed E-state index contributed by atoms with van der Waals surface area (Å²) < 4.78 is 6.82. The average molecular weight is 307 g/mol. The molecule has 1 saturated carbocycles. The zero-order valence-corrected chi connectivity index (χ0v) is 12.4. The van der Waals surface area contributed by atoms with Crippen LogP contribution in [0, 0.1) is 0 Å². The number of amides is 1. The first-order valence-corrected chi connectivity index (χ1v) is 7.39. The Bertz CT molecular complexity index is 535. The summed E-state index contributed by atoms with van der Waals surface area (Å²) >= 11 is 0. The van der Waals surface area contributed by atoms with Gasteiger partial charge in [-0.15, -0.1) is 6.58 Å². The van der Waals surface area contributed by atoms with Gasteiger partial charge in [-0.2, -0.15) is 5.10 Å². The minimum Gasteiger partial charge on any atom is -0.480 e. The molecule has 1 aromatic rings. The molecule has 1 fully saturated rings. The largest absolute Gasteiger partial charge is 0.480 e. The van der Waals surface area contributed by atoms with Crippen LogP contribution in [0.1, 0.15) is 42.2 Å². The standard InChI is InChI=1S/C15H21N3O4/c1-2-9-22-10-12(15(20)21)17-14(19)13-7-8-16-18(13)11-5-3-4-6-11/h2,7-8,11-12H,1,3-6,9-10H2,(H,17,19)(H,20,21). The highest BCUT2D eigenvalue weighted by Gasteiger charge is 2.26. The van der Waals surface area contributed by atoms with Crippen molar-refractivity contribution in [1.82, 2.24) is 15.1 Å². The number of carboxylic acid groups (broad SMARTS) is 1. The predicted molar refractivity (Wildman–Crippen MR) is 79.6 cm³/mol. The Hall–Kier alpha value is -2.15. The number of carboxylic acids is 1. The van der Waals surface area contributed by atoms with Crippen molar-refractivity contribution in [1.29, 1.82) is 0 Å². The van der Waals surface area contributed by atoms with Gasteiger partial charge >= 0.3 is 5.97 Å². The summed E-state index contributed by atoms with van der Waals surface area (Å²) in [6, 6.07) is 0.729. The molecule has 1 unspecified atom stereocenters. The van der Waals surface area contributed by atoms with E-state index in [9.17, 15) is 9.59 Å². The van der Waals surface area contributed by atoms with Gasteiger partial charge in [-0.05, 0) is 18.9 Å². The summed E-state index contributed by atoms with van der Waals surface area (Å²) in [5.74, 6) is -1.58. The molecule has 1 atom stereocenters. The third kappa shape index (κ3) is 3.94. The molecule has 0 bridgehead atoms. The van der Waals surface area contributed by atoms with Gasteiger partial charge in [0.2, 0.25) is 0 Å². The minimum atomic E-state index is -1.13. The maximum atomic E-state index is 12.3. The summed E-state index contributed by atoms with van der Waals surface area (Å²) in [6.45, 7) is 3.62. The Morgan fingerprint density at radius 1 is 1.55 bits per heavy atom. The van der Waals surface area contributed by atoms with Crippen molar-refractivity contribution in [3.63, 3.8) is 0 Å². The van der Waals surface area contributed by atoms with Crippen LogP contribution in [-0.2, 0) is 9.53 Å². The summed E-state index contributed by atoms with van der Waals surface area (Å²) in [5.41, 5.74) is 0.391. The molecule has 7 heteroatoms. The molecule has 0 aliphatic heterocycles. The Kier molecular flexibility index (Phi) is 5.71. The van der Waals surface area contributed by atoms with E-state index in [2.05, 4.69) is 17.0 Å². The molecule has 0 saturated heterocycles. The van der Waals surface area contributed by atoms with Crippen LogP contribution in [0.5, 0.6) is 0 Å². The molecule has 0 radical (unpaired) electrons. The number of nitrogens with zero attached hydrogens (tertiary/aromatic N) is 2. The SMILES string of the molecule is C=CCOCC(NC(=O)c1ccnn1C1CCCC1)C(=O)O. The van der Waals surface area contributed by atoms with Crippen LogP contribution < -0.4 is 5.32 Å². The van der Waals surface area contributed by atoms with Gasteiger partial charge in [-0.1, -0.05) is 18.9 Å². The lowest BCUT2D eigenvalue weighted by Crippen LogP contribution is -2.44. The summed E-state index contributed by atoms with van der Waals surface area (Å²) in [7, 11) is 0. The van der Waals surface area contributed by atoms with Crippen LogP contribution in [-0.4, -0.2) is 46.0 Å². The maximum absolute atomic E-state index is 12.3. The Morgan fingerprint density at radius 2 is 2.27 bits per heavy atom. The Labute approximate surface area is 129 Å². The number of carbonyl (C=O) groups is 2. The smallest absolute Gasteiger partial charge is 0.328 e. The molecule has 22 heavy (non-hydrogen) atoms. The summed E-state index contributed by atoms with van der Waals surface area (Å²) in [4.78, 5) is 23.5. The Balaban J connectivity index is 2.02. The van der Waals surface area contributed by atoms with Gasteiger partial charge in [0.25, 0.3) is 5.91 Å². The molecule has 1 aromatic heterocycles. The number of rotatable bonds is 8. The van der Waals surface area contributed by atoms with Crippen molar-refractivity contribution in [2.45, 2.75) is 37.8 Å². The number of carbonyl (C=O) groups excluding carboxylic acids is 1. The number of aromatic nitrogens is 2. The van der Waals surface area contributed by atoms with Gasteiger partial charge in [0.15, 0.2) is 6.04 Å². The molecule has 1 heterocycles. The van der Waals surface area contributed by atoms with E-state index >= 15 is 0 Å². The number of hydrogen-bond acceptors (Lipinski definition) is 4. The van der Waals surface area contributed by atoms with Crippen LogP contribution in [0.4, 0.5) is 0 Å². The zero-order chi connectivity index (χ0) is 15.9. The van der Waals surface area contributed by atoms with Crippen molar-refractivity contribution >= 4 is 11.9 Å². The van der Waals surface area contributed by atoms with E-state index in [1.54, 1.807) is 16.9 Å². The highest BCUT2D eigenvalue weighted by molar-refractivity contribution is 5.95. The summed E-state index contributed by atoms with van der Waals surface area (Å²) in [5, 5.41) is 15.9. The van der Waals surface area contributed by atoms with Gasteiger partial charge in [0.05, 0.1) is 19.3 Å². The molecule has 120 valence electrons. The van der Waals surface area contributed by atoms with Gasteiger partial charge in [-0.3, -0.25) is 9.48 Å². The van der Waals surface area contributed by atoms with Crippen LogP contribution in [0.3, 0.4) is 0 Å². The minimum absolute atomic E-state index is 0.106. The first-order valence-electron chi connectivity index (χ1n) is 7.39. The molecule has 1 aliphatic rings. The zero-order valence-electron chi connectivity index (χ0n) is 12.4. The van der Waals surface area contributed by atoms with E-state index < -0.39 is 17.9 Å². The molecule has 0 spiro atoms. The molecule has 7 nitrogen and oxygen atoms in total. The highest BCUT2D eigenvalue weighted by atomic mass is 16.5. The highest BCUT2D eigenvalue weighted by Crippen LogP contribution is 2.29. The third-order valence-corrected chi connectivity index (χ3v) is 3.70. The van der Waals surface area contributed by atoms with E-state index in [1.165, 1.54) is 6.08 Å². The van der Waals surface area contributed by atoms with Gasteiger partial charge in [0.1, 0.15) is 5.69 Å². The monoisotopic (exact) mass is 307 g/mol. The van der Waals surface area contributed by atoms with Crippen LogP contribution in [0.2, 0.25) is 0 Å². The topological polar surface area (TPSA) is 93.5 Å². The molecule has 1 aliphatic carbocycles. The fraction of sp³-hybridized carbons (Fsp3) is 0.533. The van der Waals surface area contributed by atoms with Crippen molar-refractivity contribution in [2.24, 2.45) is 0 Å². The van der Waals surface area contributed by atoms with Crippen molar-refractivity contribution < 1.29 is 19.4 Å². The average Bonchev–Trinajstić information content (AvgIpc) is 3.16. The summed E-state index contributed by atoms with van der Waals surface area (Å²) in [6.07, 6.45) is 7.32. The van der Waals surface area contributed by atoms with Gasteiger partial charge in [-0.25, -0.2) is 4.79 Å². The van der Waals surface area contributed by atoms with E-state index in [0.717, 1.165) is 25.7 Å². The van der Waals surface area contributed by atoms with E-state index in [0.29, 0.717) is 5.69 Å². The molecule has 2 N–H and O–H groups in total. The van der Waals surface area contributed by atoms with Crippen LogP contribution in [0.15, 0.2) is 24.9 Å². The third-order valence-electron chi connectivity index (χ3n) is 3.70. The fourth-order valence-corrected chi connectivity index (χ4v) is 2.61. The van der Waals surface area contributed by atoms with E-state index in [-0.39, 0.29) is 19.3 Å². The predicted octanol–water partition coefficient (Wildman–Crippen LogP) is 1.38. The van der Waals surface area contributed by atoms with Gasteiger partial charge in [0, 0.05) is 6.20 Å². The first kappa shape index (κ1) is 16.2. The molecule has 0 aromatic carbocycles. The molecule has 1 amide bonds. The second-order valence-electron chi connectivity index (χ2n) is 5.29. The van der Waals surface area contributed by atoms with Crippen LogP contribution in [0.25, 0.3) is 0 Å². The number of hydrogen-bond donors (Lipinski definition) is 2. The first-order chi connectivity index (χ1) is 10.6. The van der Waals surface area contributed by atoms with Crippen molar-refractivity contribution in [3.05, 3.63) is 30.6 Å². The number of nitrogens with one attached hydrogen (secondary N) is 1. The van der Waals surface area contributed by atoms with E-state index in [1.807, 2.05) is 0 Å². The fourth-order valence-electron chi connectivity index (χ4n) is 2.61. The number of ether oxygens (including phenoxy) is 1. The second-order valence-corrected chi connectivity index (χ2v) is 5.29. The van der Waals surface area contributed by atoms with Crippen LogP contribution >= 0.6 is 0 Å². The number of aliphatic carboxylic acids is 1. The second kappa shape index (κ2) is 7.74. The normalized spacial score (nSPS) is 16.4. The Morgan fingerprint density at radius 3 is 2.91 bits per heavy atom. The molecular weight excluding hydrogens is 286 g/mol. The molecular formula is C15H21N3O4. The lowest BCUT2D eigenvalue weighted by molar-refractivity contribution is -0.140. The molecule has 2 rings (SSSR count). The van der Waals surface area contributed by atoms with Gasteiger partial charge < -0.3 is 15.2 Å². The lowest BCUT2D eigenvalue weighted by Gasteiger charge is -2.17. The van der Waals surface area contributed by atoms with Crippen molar-refractivity contribution in [2.75, 3.05) is 13.2 Å². The maximum Gasteiger partial charge on any atom is 0.328 e. The quantitative estimate of drug-likeness (QED) is 0.559. The lowest BCUT2D eigenvalue weighted by atomic mass is 10.2. The van der Waals surface area contributed by atoms with Crippen molar-refractivity contribution in [3.8, 4) is 0 Å².